The lowest BCUT2D eigenvalue weighted by Gasteiger charge is -2.37. The summed E-state index contributed by atoms with van der Waals surface area (Å²) in [6.07, 6.45) is 13.3. The highest BCUT2D eigenvalue weighted by atomic mass is 19.4. The van der Waals surface area contributed by atoms with Crippen LogP contribution < -0.4 is 9.47 Å². The minimum Gasteiger partial charge on any atom is -0.484 e. The average molecular weight is 483 g/mol. The third-order valence-electron chi connectivity index (χ3n) is 7.82. The summed E-state index contributed by atoms with van der Waals surface area (Å²) in [5.74, 6) is 2.61. The second kappa shape index (κ2) is 13.4. The number of hydrogen-bond acceptors (Lipinski definition) is 3. The smallest absolute Gasteiger partial charge is 0.422 e. The molecule has 0 heterocycles. The fourth-order valence-corrected chi connectivity index (χ4v) is 5.78. The van der Waals surface area contributed by atoms with Gasteiger partial charge in [-0.15, -0.1) is 0 Å². The number of esters is 1. The summed E-state index contributed by atoms with van der Waals surface area (Å²) in [5, 5.41) is 0. The monoisotopic (exact) mass is 482 g/mol. The Labute approximate surface area is 202 Å². The van der Waals surface area contributed by atoms with E-state index in [1.165, 1.54) is 88.5 Å². The highest BCUT2D eigenvalue weighted by Crippen LogP contribution is 2.42. The van der Waals surface area contributed by atoms with E-state index in [1.54, 1.807) is 0 Å². The van der Waals surface area contributed by atoms with Gasteiger partial charge in [-0.3, -0.25) is 4.79 Å². The Kier molecular flexibility index (Phi) is 10.6. The number of unbranched alkanes of at least 4 members (excludes halogenated alkanes) is 4. The van der Waals surface area contributed by atoms with Gasteiger partial charge in [-0.2, -0.15) is 13.2 Å². The van der Waals surface area contributed by atoms with E-state index in [1.807, 2.05) is 0 Å². The van der Waals surface area contributed by atoms with Crippen LogP contribution in [0.15, 0.2) is 24.3 Å². The average Bonchev–Trinajstić information content (AvgIpc) is 2.83. The molecular weight excluding hydrogens is 441 g/mol. The molecule has 0 atom stereocenters. The molecule has 0 radical (unpaired) electrons. The first kappa shape index (κ1) is 26.9. The molecule has 0 aromatic heterocycles. The molecule has 0 spiro atoms. The number of rotatable bonds is 11. The van der Waals surface area contributed by atoms with Crippen molar-refractivity contribution < 1.29 is 27.4 Å². The van der Waals surface area contributed by atoms with E-state index in [-0.39, 0.29) is 17.6 Å². The van der Waals surface area contributed by atoms with E-state index in [4.69, 9.17) is 9.47 Å². The van der Waals surface area contributed by atoms with E-state index in [2.05, 4.69) is 6.92 Å². The molecule has 0 aliphatic heterocycles. The molecule has 2 fully saturated rings. The first-order chi connectivity index (χ1) is 16.3. The highest BCUT2D eigenvalue weighted by Gasteiger charge is 2.33. The minimum atomic E-state index is -4.38. The van der Waals surface area contributed by atoms with Gasteiger partial charge in [0, 0.05) is 0 Å². The molecule has 0 saturated heterocycles. The Morgan fingerprint density at radius 1 is 0.824 bits per heavy atom. The summed E-state index contributed by atoms with van der Waals surface area (Å²) < 4.78 is 46.9. The van der Waals surface area contributed by atoms with Gasteiger partial charge >= 0.3 is 12.1 Å². The lowest BCUT2D eigenvalue weighted by Crippen LogP contribution is -2.30. The molecule has 3 nitrogen and oxygen atoms in total. The molecule has 0 unspecified atom stereocenters. The van der Waals surface area contributed by atoms with E-state index >= 15 is 0 Å². The minimum absolute atomic E-state index is 0.0862. The van der Waals surface area contributed by atoms with Crippen LogP contribution in [-0.4, -0.2) is 18.8 Å². The standard InChI is InChI=1S/C28H41F3O3/c1-2-3-4-5-6-7-21-8-10-22(11-9-21)23-12-14-24(15-13-23)27(32)34-26-18-16-25(17-19-26)33-20-28(29,30)31/h16-19,21-24H,2-15,20H2,1H3. The summed E-state index contributed by atoms with van der Waals surface area (Å²) >= 11 is 0. The molecule has 3 rings (SSSR count). The lowest BCUT2D eigenvalue weighted by atomic mass is 9.68. The number of ether oxygens (including phenoxy) is 2. The van der Waals surface area contributed by atoms with Gasteiger partial charge < -0.3 is 9.47 Å². The number of benzene rings is 1. The van der Waals surface area contributed by atoms with Gasteiger partial charge in [0.25, 0.3) is 0 Å². The first-order valence-corrected chi connectivity index (χ1v) is 13.4. The van der Waals surface area contributed by atoms with Crippen LogP contribution in [0, 0.1) is 23.7 Å². The van der Waals surface area contributed by atoms with Crippen molar-refractivity contribution in [1.82, 2.24) is 0 Å². The molecule has 0 N–H and O–H groups in total. The molecule has 1 aromatic rings. The van der Waals surface area contributed by atoms with Gasteiger partial charge in [-0.05, 0) is 80.5 Å². The van der Waals surface area contributed by atoms with Crippen LogP contribution in [0.3, 0.4) is 0 Å². The van der Waals surface area contributed by atoms with Crippen molar-refractivity contribution in [1.29, 1.82) is 0 Å². The van der Waals surface area contributed by atoms with Crippen molar-refractivity contribution in [3.63, 3.8) is 0 Å². The summed E-state index contributed by atoms with van der Waals surface area (Å²) in [6.45, 7) is 0.926. The van der Waals surface area contributed by atoms with E-state index in [0.29, 0.717) is 5.75 Å². The van der Waals surface area contributed by atoms with Crippen molar-refractivity contribution in [2.75, 3.05) is 6.61 Å². The molecule has 6 heteroatoms. The van der Waals surface area contributed by atoms with Gasteiger partial charge in [0.2, 0.25) is 0 Å². The van der Waals surface area contributed by atoms with Crippen LogP contribution in [0.2, 0.25) is 0 Å². The Bertz CT molecular complexity index is 715. The summed E-state index contributed by atoms with van der Waals surface area (Å²) in [4.78, 5) is 12.6. The second-order valence-electron chi connectivity index (χ2n) is 10.4. The molecule has 34 heavy (non-hydrogen) atoms. The van der Waals surface area contributed by atoms with Crippen LogP contribution in [0.5, 0.6) is 11.5 Å². The Balaban J connectivity index is 1.33. The van der Waals surface area contributed by atoms with Crippen LogP contribution in [0.25, 0.3) is 0 Å². The molecule has 1 aromatic carbocycles. The van der Waals surface area contributed by atoms with Gasteiger partial charge in [-0.25, -0.2) is 0 Å². The molecule has 0 bridgehead atoms. The molecule has 192 valence electrons. The first-order valence-electron chi connectivity index (χ1n) is 13.4. The largest absolute Gasteiger partial charge is 0.484 e. The maximum atomic E-state index is 12.6. The topological polar surface area (TPSA) is 35.5 Å². The molecular formula is C28H41F3O3. The third kappa shape index (κ3) is 9.14. The fourth-order valence-electron chi connectivity index (χ4n) is 5.78. The number of carbonyl (C=O) groups is 1. The van der Waals surface area contributed by atoms with E-state index in [0.717, 1.165) is 43.4 Å². The van der Waals surface area contributed by atoms with E-state index in [9.17, 15) is 18.0 Å². The predicted molar refractivity (Wildman–Crippen MR) is 128 cm³/mol. The SMILES string of the molecule is CCCCCCCC1CCC(C2CCC(C(=O)Oc3ccc(OCC(F)(F)F)cc3)CC2)CC1. The molecule has 2 saturated carbocycles. The summed E-state index contributed by atoms with van der Waals surface area (Å²) in [5.41, 5.74) is 0. The third-order valence-corrected chi connectivity index (χ3v) is 7.82. The van der Waals surface area contributed by atoms with E-state index < -0.39 is 12.8 Å². The number of hydrogen-bond donors (Lipinski definition) is 0. The fraction of sp³-hybridized carbons (Fsp3) is 0.750. The summed E-state index contributed by atoms with van der Waals surface area (Å²) in [7, 11) is 0. The van der Waals surface area contributed by atoms with Crippen LogP contribution in [0.1, 0.15) is 96.8 Å². The quantitative estimate of drug-likeness (QED) is 0.180. The zero-order valence-corrected chi connectivity index (χ0v) is 20.6. The van der Waals surface area contributed by atoms with Crippen LogP contribution >= 0.6 is 0 Å². The van der Waals surface area contributed by atoms with Gasteiger partial charge in [0.1, 0.15) is 11.5 Å². The van der Waals surface area contributed by atoms with Gasteiger partial charge in [0.15, 0.2) is 6.61 Å². The van der Waals surface area contributed by atoms with Crippen molar-refractivity contribution in [2.45, 2.75) is 103 Å². The molecule has 0 amide bonds. The maximum Gasteiger partial charge on any atom is 0.422 e. The van der Waals surface area contributed by atoms with Crippen molar-refractivity contribution >= 4 is 5.97 Å². The van der Waals surface area contributed by atoms with Crippen molar-refractivity contribution in [2.24, 2.45) is 23.7 Å². The Hall–Kier alpha value is -1.72. The molecule has 2 aliphatic carbocycles. The number of carbonyl (C=O) groups excluding carboxylic acids is 1. The predicted octanol–water partition coefficient (Wildman–Crippen LogP) is 8.51. The van der Waals surface area contributed by atoms with Crippen LogP contribution in [0.4, 0.5) is 13.2 Å². The Morgan fingerprint density at radius 3 is 1.97 bits per heavy atom. The normalized spacial score (nSPS) is 25.6. The Morgan fingerprint density at radius 2 is 1.38 bits per heavy atom. The van der Waals surface area contributed by atoms with Gasteiger partial charge in [-0.1, -0.05) is 58.3 Å². The van der Waals surface area contributed by atoms with Gasteiger partial charge in [0.05, 0.1) is 5.92 Å². The lowest BCUT2D eigenvalue weighted by molar-refractivity contribution is -0.153. The zero-order chi connectivity index (χ0) is 24.4. The van der Waals surface area contributed by atoms with Crippen LogP contribution in [-0.2, 0) is 4.79 Å². The van der Waals surface area contributed by atoms with Crippen molar-refractivity contribution in [3.05, 3.63) is 24.3 Å². The maximum absolute atomic E-state index is 12.6. The zero-order valence-electron chi connectivity index (χ0n) is 20.6. The number of alkyl halides is 3. The van der Waals surface area contributed by atoms with Crippen molar-refractivity contribution in [3.8, 4) is 11.5 Å². The number of halogens is 3. The second-order valence-corrected chi connectivity index (χ2v) is 10.4. The highest BCUT2D eigenvalue weighted by molar-refractivity contribution is 5.75. The summed E-state index contributed by atoms with van der Waals surface area (Å²) in [6, 6.07) is 5.76. The molecule has 2 aliphatic rings.